The van der Waals surface area contributed by atoms with Crippen LogP contribution in [0.4, 0.5) is 0 Å². The minimum absolute atomic E-state index is 0.572. The molecule has 0 aromatic rings. The van der Waals surface area contributed by atoms with Gasteiger partial charge in [0.25, 0.3) is 0 Å². The van der Waals surface area contributed by atoms with Crippen LogP contribution < -0.4 is 0 Å². The summed E-state index contributed by atoms with van der Waals surface area (Å²) in [5.41, 5.74) is 0. The Bertz CT molecular complexity index is 238. The largest absolute Gasteiger partial charge is 0.458 e. The van der Waals surface area contributed by atoms with Crippen molar-refractivity contribution in [3.8, 4) is 0 Å². The lowest BCUT2D eigenvalue weighted by Gasteiger charge is -2.21. The van der Waals surface area contributed by atoms with Crippen LogP contribution in [0.15, 0.2) is 0 Å². The van der Waals surface area contributed by atoms with Crippen LogP contribution in [0.2, 0.25) is 0 Å². The predicted molar refractivity (Wildman–Crippen MR) is 48.0 cm³/mol. The maximum Gasteiger partial charge on any atom is 0.211 e. The molecule has 12 heavy (non-hydrogen) atoms. The molecule has 1 aliphatic heterocycles. The lowest BCUT2D eigenvalue weighted by atomic mass is 10.4. The molecule has 1 heterocycles. The first kappa shape index (κ1) is 9.95. The van der Waals surface area contributed by atoms with E-state index in [9.17, 15) is 8.42 Å². The molecule has 0 unspecified atom stereocenters. The van der Waals surface area contributed by atoms with E-state index in [4.69, 9.17) is 0 Å². The van der Waals surface area contributed by atoms with Gasteiger partial charge in [0.15, 0.2) is 0 Å². The van der Waals surface area contributed by atoms with E-state index in [0.29, 0.717) is 13.1 Å². The first-order valence-electron chi connectivity index (χ1n) is 4.01. The lowest BCUT2D eigenvalue weighted by molar-refractivity contribution is 0.379. The zero-order chi connectivity index (χ0) is 9.19. The first-order valence-corrected chi connectivity index (χ1v) is 5.85. The van der Waals surface area contributed by atoms with E-state index in [-0.39, 0.29) is 0 Å². The van der Waals surface area contributed by atoms with Crippen LogP contribution in [0.5, 0.6) is 0 Å². The Morgan fingerprint density at radius 2 is 1.83 bits per heavy atom. The SMILES string of the molecule is [CH2-]N1CCCN(S(C)(=O)=O)CC1. The minimum Gasteiger partial charge on any atom is -0.458 e. The van der Waals surface area contributed by atoms with Crippen molar-refractivity contribution < 1.29 is 8.42 Å². The minimum atomic E-state index is -2.99. The summed E-state index contributed by atoms with van der Waals surface area (Å²) in [6.45, 7) is 2.81. The van der Waals surface area contributed by atoms with Gasteiger partial charge >= 0.3 is 0 Å². The van der Waals surface area contributed by atoms with Crippen LogP contribution in [0.25, 0.3) is 0 Å². The van der Waals surface area contributed by atoms with Gasteiger partial charge in [0, 0.05) is 13.1 Å². The normalized spacial score (nSPS) is 23.8. The summed E-state index contributed by atoms with van der Waals surface area (Å²) in [5, 5.41) is 0. The third-order valence-electron chi connectivity index (χ3n) is 2.02. The second-order valence-corrected chi connectivity index (χ2v) is 5.12. The van der Waals surface area contributed by atoms with E-state index in [1.807, 2.05) is 4.90 Å². The van der Waals surface area contributed by atoms with Gasteiger partial charge in [-0.25, -0.2) is 12.7 Å². The van der Waals surface area contributed by atoms with Gasteiger partial charge in [0.1, 0.15) is 0 Å². The monoisotopic (exact) mass is 191 g/mol. The van der Waals surface area contributed by atoms with E-state index in [1.54, 1.807) is 0 Å². The fourth-order valence-electron chi connectivity index (χ4n) is 1.28. The summed E-state index contributed by atoms with van der Waals surface area (Å²) >= 11 is 0. The van der Waals surface area contributed by atoms with Crippen molar-refractivity contribution in [1.29, 1.82) is 0 Å². The molecule has 0 spiro atoms. The van der Waals surface area contributed by atoms with Crippen molar-refractivity contribution in [3.05, 3.63) is 7.05 Å². The standard InChI is InChI=1S/C7H15N2O2S/c1-8-4-3-5-9(7-6-8)12(2,10)11/h1,3-7H2,2H3/q-1. The van der Waals surface area contributed by atoms with Gasteiger partial charge in [-0.3, -0.25) is 7.05 Å². The molecular formula is C7H15N2O2S-. The van der Waals surface area contributed by atoms with Gasteiger partial charge < -0.3 is 4.90 Å². The van der Waals surface area contributed by atoms with E-state index in [0.717, 1.165) is 19.5 Å². The van der Waals surface area contributed by atoms with Crippen molar-refractivity contribution in [1.82, 2.24) is 9.21 Å². The van der Waals surface area contributed by atoms with Gasteiger partial charge in [-0.05, 0) is 19.5 Å². The Kier molecular flexibility index (Phi) is 3.09. The van der Waals surface area contributed by atoms with E-state index >= 15 is 0 Å². The maximum absolute atomic E-state index is 11.1. The van der Waals surface area contributed by atoms with Crippen molar-refractivity contribution in [2.45, 2.75) is 6.42 Å². The lowest BCUT2D eigenvalue weighted by Crippen LogP contribution is -2.33. The Morgan fingerprint density at radius 1 is 1.17 bits per heavy atom. The van der Waals surface area contributed by atoms with E-state index < -0.39 is 10.0 Å². The molecule has 4 nitrogen and oxygen atoms in total. The molecule has 1 rings (SSSR count). The Hall–Kier alpha value is -0.130. The molecule has 0 atom stereocenters. The highest BCUT2D eigenvalue weighted by molar-refractivity contribution is 7.88. The molecule has 0 aliphatic carbocycles. The molecular weight excluding hydrogens is 176 g/mol. The summed E-state index contributed by atoms with van der Waals surface area (Å²) in [6, 6.07) is 0. The van der Waals surface area contributed by atoms with E-state index in [1.165, 1.54) is 10.6 Å². The van der Waals surface area contributed by atoms with Gasteiger partial charge in [-0.1, -0.05) is 0 Å². The average molecular weight is 191 g/mol. The van der Waals surface area contributed by atoms with Crippen LogP contribution in [0, 0.1) is 7.05 Å². The van der Waals surface area contributed by atoms with Crippen LogP contribution in [0.3, 0.4) is 0 Å². The van der Waals surface area contributed by atoms with Gasteiger partial charge in [-0.15, -0.1) is 0 Å². The van der Waals surface area contributed by atoms with Crippen molar-refractivity contribution in [2.24, 2.45) is 0 Å². The zero-order valence-electron chi connectivity index (χ0n) is 7.36. The fraction of sp³-hybridized carbons (Fsp3) is 0.857. The molecule has 0 aromatic heterocycles. The quantitative estimate of drug-likeness (QED) is 0.536. The highest BCUT2D eigenvalue weighted by atomic mass is 32.2. The van der Waals surface area contributed by atoms with Crippen LogP contribution in [0.1, 0.15) is 6.42 Å². The molecule has 1 saturated heterocycles. The van der Waals surface area contributed by atoms with Crippen LogP contribution >= 0.6 is 0 Å². The predicted octanol–water partition coefficient (Wildman–Crippen LogP) is -0.255. The molecule has 0 saturated carbocycles. The third-order valence-corrected chi connectivity index (χ3v) is 3.32. The highest BCUT2D eigenvalue weighted by Gasteiger charge is 2.17. The number of hydrogen-bond donors (Lipinski definition) is 0. The molecule has 1 fully saturated rings. The van der Waals surface area contributed by atoms with Crippen LogP contribution in [-0.4, -0.2) is 50.1 Å². The van der Waals surface area contributed by atoms with Crippen molar-refractivity contribution in [2.75, 3.05) is 32.4 Å². The number of nitrogens with zero attached hydrogens (tertiary/aromatic N) is 2. The number of hydrogen-bond acceptors (Lipinski definition) is 3. The number of sulfonamides is 1. The molecule has 0 N–H and O–H groups in total. The summed E-state index contributed by atoms with van der Waals surface area (Å²) in [5.74, 6) is 0. The van der Waals surface area contributed by atoms with Crippen molar-refractivity contribution in [3.63, 3.8) is 0 Å². The third kappa shape index (κ3) is 2.73. The molecule has 0 amide bonds. The second kappa shape index (κ2) is 3.72. The molecule has 72 valence electrons. The zero-order valence-corrected chi connectivity index (χ0v) is 8.18. The molecule has 0 bridgehead atoms. The van der Waals surface area contributed by atoms with Crippen LogP contribution in [-0.2, 0) is 10.0 Å². The Labute approximate surface area is 74.2 Å². The topological polar surface area (TPSA) is 40.6 Å². The highest BCUT2D eigenvalue weighted by Crippen LogP contribution is 2.05. The Morgan fingerprint density at radius 3 is 2.42 bits per heavy atom. The summed E-state index contributed by atoms with van der Waals surface area (Å²) in [7, 11) is 0.792. The first-order chi connectivity index (χ1) is 5.50. The summed E-state index contributed by atoms with van der Waals surface area (Å²) in [4.78, 5) is 1.91. The molecule has 0 aromatic carbocycles. The molecule has 0 radical (unpaired) electrons. The van der Waals surface area contributed by atoms with Gasteiger partial charge in [-0.2, -0.15) is 0 Å². The average Bonchev–Trinajstić information content (AvgIpc) is 2.11. The van der Waals surface area contributed by atoms with E-state index in [2.05, 4.69) is 7.05 Å². The molecule has 5 heteroatoms. The number of rotatable bonds is 1. The second-order valence-electron chi connectivity index (χ2n) is 3.13. The van der Waals surface area contributed by atoms with Gasteiger partial charge in [0.2, 0.25) is 10.0 Å². The Balaban J connectivity index is 2.58. The van der Waals surface area contributed by atoms with Gasteiger partial charge in [0.05, 0.1) is 6.26 Å². The van der Waals surface area contributed by atoms with Crippen molar-refractivity contribution >= 4 is 10.0 Å². The smallest absolute Gasteiger partial charge is 0.211 e. The molecule has 1 aliphatic rings. The fourth-order valence-corrected chi connectivity index (χ4v) is 2.15. The maximum atomic E-state index is 11.1. The summed E-state index contributed by atoms with van der Waals surface area (Å²) in [6.07, 6.45) is 2.13. The summed E-state index contributed by atoms with van der Waals surface area (Å²) < 4.78 is 23.8.